The molecular weight excluding hydrogens is 276 g/mol. The lowest BCUT2D eigenvalue weighted by molar-refractivity contribution is 0.305. The van der Waals surface area contributed by atoms with E-state index < -0.39 is 0 Å². The maximum atomic E-state index is 11.1. The topological polar surface area (TPSA) is 48.7 Å². The van der Waals surface area contributed by atoms with Crippen molar-refractivity contribution in [3.8, 4) is 11.5 Å². The highest BCUT2D eigenvalue weighted by atomic mass is 32.1. The van der Waals surface area contributed by atoms with Crippen LogP contribution in [0.15, 0.2) is 51.7 Å². The number of benzene rings is 2. The highest BCUT2D eigenvalue weighted by molar-refractivity contribution is 7.16. The van der Waals surface area contributed by atoms with E-state index in [9.17, 15) is 4.79 Å². The molecule has 0 aliphatic rings. The first-order valence-corrected chi connectivity index (χ1v) is 6.86. The van der Waals surface area contributed by atoms with Crippen LogP contribution in [0.5, 0.6) is 11.5 Å². The van der Waals surface area contributed by atoms with E-state index in [0.717, 1.165) is 27.3 Å². The van der Waals surface area contributed by atoms with Crippen molar-refractivity contribution < 1.29 is 13.9 Å². The molecule has 102 valence electrons. The van der Waals surface area contributed by atoms with Crippen molar-refractivity contribution >= 4 is 21.6 Å². The standard InChI is InChI=1S/C15H12O4S/c1-17-11-4-2-3-10(7-11)9-18-12-5-6-14-13(8-12)19-15(16)20-14/h2-8H,9H2,1H3. The fraction of sp³-hybridized carbons (Fsp3) is 0.133. The first-order chi connectivity index (χ1) is 9.74. The fourth-order valence-electron chi connectivity index (χ4n) is 1.87. The molecule has 0 aliphatic heterocycles. The van der Waals surface area contributed by atoms with Gasteiger partial charge < -0.3 is 13.9 Å². The van der Waals surface area contributed by atoms with Gasteiger partial charge in [0, 0.05) is 6.07 Å². The van der Waals surface area contributed by atoms with Gasteiger partial charge in [-0.05, 0) is 29.8 Å². The first-order valence-electron chi connectivity index (χ1n) is 6.04. The highest BCUT2D eigenvalue weighted by Gasteiger charge is 2.04. The summed E-state index contributed by atoms with van der Waals surface area (Å²) in [5.74, 6) is 1.47. The average Bonchev–Trinajstić information content (AvgIpc) is 2.84. The molecule has 0 atom stereocenters. The largest absolute Gasteiger partial charge is 0.497 e. The molecule has 3 aromatic rings. The minimum Gasteiger partial charge on any atom is -0.497 e. The predicted molar refractivity (Wildman–Crippen MR) is 77.7 cm³/mol. The average molecular weight is 288 g/mol. The van der Waals surface area contributed by atoms with Gasteiger partial charge in [-0.2, -0.15) is 0 Å². The third-order valence-electron chi connectivity index (χ3n) is 2.84. The van der Waals surface area contributed by atoms with E-state index in [1.807, 2.05) is 36.4 Å². The Kier molecular flexibility index (Phi) is 3.43. The van der Waals surface area contributed by atoms with Crippen molar-refractivity contribution in [2.75, 3.05) is 7.11 Å². The summed E-state index contributed by atoms with van der Waals surface area (Å²) < 4.78 is 16.7. The Morgan fingerprint density at radius 3 is 2.90 bits per heavy atom. The maximum Gasteiger partial charge on any atom is 0.396 e. The van der Waals surface area contributed by atoms with Crippen LogP contribution in [-0.4, -0.2) is 7.11 Å². The number of methoxy groups -OCH3 is 1. The SMILES string of the molecule is COc1cccc(COc2ccc3sc(=O)oc3c2)c1. The quantitative estimate of drug-likeness (QED) is 0.738. The van der Waals surface area contributed by atoms with Crippen LogP contribution >= 0.6 is 11.3 Å². The van der Waals surface area contributed by atoms with E-state index >= 15 is 0 Å². The number of fused-ring (bicyclic) bond motifs is 1. The van der Waals surface area contributed by atoms with Gasteiger partial charge in [-0.3, -0.25) is 0 Å². The number of hydrogen-bond donors (Lipinski definition) is 0. The molecule has 0 saturated carbocycles. The second-order valence-corrected chi connectivity index (χ2v) is 5.18. The van der Waals surface area contributed by atoms with Gasteiger partial charge in [-0.15, -0.1) is 0 Å². The Morgan fingerprint density at radius 2 is 2.05 bits per heavy atom. The van der Waals surface area contributed by atoms with E-state index in [1.54, 1.807) is 13.2 Å². The summed E-state index contributed by atoms with van der Waals surface area (Å²) in [6, 6.07) is 13.1. The molecule has 3 rings (SSSR count). The summed E-state index contributed by atoms with van der Waals surface area (Å²) in [5, 5.41) is 0. The Hall–Kier alpha value is -2.27. The summed E-state index contributed by atoms with van der Waals surface area (Å²) in [6.07, 6.45) is 0. The van der Waals surface area contributed by atoms with Crippen molar-refractivity contribution in [3.05, 3.63) is 57.8 Å². The van der Waals surface area contributed by atoms with Crippen LogP contribution in [0.25, 0.3) is 10.3 Å². The van der Waals surface area contributed by atoms with Crippen LogP contribution in [0, 0.1) is 0 Å². The monoisotopic (exact) mass is 288 g/mol. The summed E-state index contributed by atoms with van der Waals surface area (Å²) in [4.78, 5) is 10.8. The molecule has 0 saturated heterocycles. The van der Waals surface area contributed by atoms with Gasteiger partial charge in [0.05, 0.1) is 11.8 Å². The molecule has 0 fully saturated rings. The number of rotatable bonds is 4. The van der Waals surface area contributed by atoms with Crippen LogP contribution in [-0.2, 0) is 6.61 Å². The molecule has 0 spiro atoms. The van der Waals surface area contributed by atoms with E-state index in [1.165, 1.54) is 0 Å². The molecule has 2 aromatic carbocycles. The van der Waals surface area contributed by atoms with Gasteiger partial charge in [0.1, 0.15) is 18.1 Å². The maximum absolute atomic E-state index is 11.1. The Balaban J connectivity index is 1.77. The van der Waals surface area contributed by atoms with E-state index in [0.29, 0.717) is 17.9 Å². The Labute approximate surface area is 119 Å². The zero-order valence-electron chi connectivity index (χ0n) is 10.8. The first kappa shape index (κ1) is 12.7. The lowest BCUT2D eigenvalue weighted by Gasteiger charge is -2.07. The molecule has 1 heterocycles. The van der Waals surface area contributed by atoms with Gasteiger partial charge >= 0.3 is 4.94 Å². The van der Waals surface area contributed by atoms with Gasteiger partial charge in [-0.1, -0.05) is 23.5 Å². The zero-order chi connectivity index (χ0) is 13.9. The second-order valence-electron chi connectivity index (χ2n) is 4.20. The van der Waals surface area contributed by atoms with E-state index in [-0.39, 0.29) is 4.94 Å². The molecule has 4 nitrogen and oxygen atoms in total. The second kappa shape index (κ2) is 5.38. The molecule has 5 heteroatoms. The van der Waals surface area contributed by atoms with Crippen LogP contribution < -0.4 is 14.4 Å². The van der Waals surface area contributed by atoms with Crippen molar-refractivity contribution in [3.63, 3.8) is 0 Å². The molecule has 1 aromatic heterocycles. The lowest BCUT2D eigenvalue weighted by Crippen LogP contribution is -1.95. The minimum absolute atomic E-state index is 0.301. The van der Waals surface area contributed by atoms with E-state index in [2.05, 4.69) is 0 Å². The van der Waals surface area contributed by atoms with Crippen LogP contribution in [0.3, 0.4) is 0 Å². The van der Waals surface area contributed by atoms with Crippen LogP contribution in [0.1, 0.15) is 5.56 Å². The normalized spacial score (nSPS) is 10.7. The van der Waals surface area contributed by atoms with Crippen molar-refractivity contribution in [1.29, 1.82) is 0 Å². The summed E-state index contributed by atoms with van der Waals surface area (Å²) in [7, 11) is 1.63. The molecule has 0 unspecified atom stereocenters. The molecule has 20 heavy (non-hydrogen) atoms. The van der Waals surface area contributed by atoms with Gasteiger partial charge in [-0.25, -0.2) is 4.79 Å². The molecule has 0 amide bonds. The smallest absolute Gasteiger partial charge is 0.396 e. The van der Waals surface area contributed by atoms with Gasteiger partial charge in [0.25, 0.3) is 0 Å². The van der Waals surface area contributed by atoms with Crippen LogP contribution in [0.2, 0.25) is 0 Å². The Morgan fingerprint density at radius 1 is 1.15 bits per heavy atom. The zero-order valence-corrected chi connectivity index (χ0v) is 11.6. The van der Waals surface area contributed by atoms with Crippen LogP contribution in [0.4, 0.5) is 0 Å². The lowest BCUT2D eigenvalue weighted by atomic mass is 10.2. The summed E-state index contributed by atoms with van der Waals surface area (Å²) >= 11 is 1.09. The van der Waals surface area contributed by atoms with Crippen molar-refractivity contribution in [2.45, 2.75) is 6.61 Å². The third kappa shape index (κ3) is 2.67. The predicted octanol–water partition coefficient (Wildman–Crippen LogP) is 3.44. The highest BCUT2D eigenvalue weighted by Crippen LogP contribution is 2.23. The third-order valence-corrected chi connectivity index (χ3v) is 3.65. The molecule has 0 bridgehead atoms. The van der Waals surface area contributed by atoms with Crippen molar-refractivity contribution in [2.24, 2.45) is 0 Å². The number of hydrogen-bond acceptors (Lipinski definition) is 5. The molecule has 0 radical (unpaired) electrons. The number of ether oxygens (including phenoxy) is 2. The Bertz CT molecular complexity index is 788. The molecule has 0 N–H and O–H groups in total. The summed E-state index contributed by atoms with van der Waals surface area (Å²) in [5.41, 5.74) is 1.57. The van der Waals surface area contributed by atoms with Gasteiger partial charge in [0.15, 0.2) is 5.58 Å². The molecule has 0 aliphatic carbocycles. The molecular formula is C15H12O4S. The fourth-order valence-corrected chi connectivity index (χ4v) is 2.52. The summed E-state index contributed by atoms with van der Waals surface area (Å²) in [6.45, 7) is 0.428. The minimum atomic E-state index is -0.301. The van der Waals surface area contributed by atoms with Crippen molar-refractivity contribution in [1.82, 2.24) is 0 Å². The van der Waals surface area contributed by atoms with E-state index in [4.69, 9.17) is 13.9 Å². The van der Waals surface area contributed by atoms with Gasteiger partial charge in [0.2, 0.25) is 0 Å².